The van der Waals surface area contributed by atoms with Crippen LogP contribution in [-0.4, -0.2) is 38.2 Å². The predicted octanol–water partition coefficient (Wildman–Crippen LogP) is 2.50. The zero-order chi connectivity index (χ0) is 12.8. The van der Waals surface area contributed by atoms with Gasteiger partial charge in [0, 0.05) is 6.54 Å². The molecule has 0 aliphatic carbocycles. The van der Waals surface area contributed by atoms with E-state index in [1.54, 1.807) is 0 Å². The molecule has 0 aromatic rings. The summed E-state index contributed by atoms with van der Waals surface area (Å²) in [7, 11) is 0. The standard InChI is InChI=1S/C8H13F6NO/c1-2-3-15-4-5-16-6(7(9,10)11)8(12,13)14/h6,15H,2-5H2,1H3. The van der Waals surface area contributed by atoms with Gasteiger partial charge in [0.15, 0.2) is 0 Å². The van der Waals surface area contributed by atoms with Crippen molar-refractivity contribution >= 4 is 0 Å². The fourth-order valence-corrected chi connectivity index (χ4v) is 0.925. The van der Waals surface area contributed by atoms with E-state index in [9.17, 15) is 26.3 Å². The van der Waals surface area contributed by atoms with Crippen molar-refractivity contribution in [2.75, 3.05) is 19.7 Å². The number of alkyl halides is 6. The third kappa shape index (κ3) is 6.16. The molecule has 0 fully saturated rings. The van der Waals surface area contributed by atoms with Crippen molar-refractivity contribution in [3.05, 3.63) is 0 Å². The number of hydrogen-bond acceptors (Lipinski definition) is 2. The minimum absolute atomic E-state index is 0.0451. The average Bonchev–Trinajstić information content (AvgIpc) is 2.06. The predicted molar refractivity (Wildman–Crippen MR) is 45.0 cm³/mol. The number of hydrogen-bond donors (Lipinski definition) is 1. The van der Waals surface area contributed by atoms with Crippen LogP contribution >= 0.6 is 0 Å². The highest BCUT2D eigenvalue weighted by molar-refractivity contribution is 4.75. The molecule has 0 bridgehead atoms. The van der Waals surface area contributed by atoms with E-state index in [1.807, 2.05) is 6.92 Å². The second kappa shape index (κ2) is 6.29. The first-order valence-corrected chi connectivity index (χ1v) is 4.65. The minimum Gasteiger partial charge on any atom is -0.360 e. The Morgan fingerprint density at radius 3 is 1.88 bits per heavy atom. The number of nitrogens with one attached hydrogen (secondary N) is 1. The summed E-state index contributed by atoms with van der Waals surface area (Å²) in [6, 6.07) is 0. The molecule has 0 heterocycles. The Morgan fingerprint density at radius 2 is 1.50 bits per heavy atom. The van der Waals surface area contributed by atoms with E-state index in [1.165, 1.54) is 0 Å². The van der Waals surface area contributed by atoms with Crippen LogP contribution in [0.5, 0.6) is 0 Å². The summed E-state index contributed by atoms with van der Waals surface area (Å²) >= 11 is 0. The van der Waals surface area contributed by atoms with E-state index in [0.717, 1.165) is 6.42 Å². The van der Waals surface area contributed by atoms with Gasteiger partial charge in [-0.3, -0.25) is 0 Å². The number of rotatable bonds is 6. The molecule has 0 spiro atoms. The normalized spacial score (nSPS) is 13.5. The van der Waals surface area contributed by atoms with Gasteiger partial charge in [0.1, 0.15) is 0 Å². The van der Waals surface area contributed by atoms with Gasteiger partial charge < -0.3 is 10.1 Å². The Bertz CT molecular complexity index is 176. The molecule has 0 radical (unpaired) electrons. The van der Waals surface area contributed by atoms with Gasteiger partial charge in [0.25, 0.3) is 0 Å². The third-order valence-electron chi connectivity index (χ3n) is 1.58. The van der Waals surface area contributed by atoms with Crippen molar-refractivity contribution in [2.45, 2.75) is 31.8 Å². The van der Waals surface area contributed by atoms with Crippen LogP contribution in [0.25, 0.3) is 0 Å². The van der Waals surface area contributed by atoms with Gasteiger partial charge in [0.2, 0.25) is 6.10 Å². The molecule has 98 valence electrons. The monoisotopic (exact) mass is 253 g/mol. The van der Waals surface area contributed by atoms with Crippen LogP contribution in [0.15, 0.2) is 0 Å². The molecule has 8 heteroatoms. The molecule has 0 saturated heterocycles. The Hall–Kier alpha value is -0.500. The lowest BCUT2D eigenvalue weighted by Crippen LogP contribution is -2.45. The van der Waals surface area contributed by atoms with Gasteiger partial charge in [-0.05, 0) is 13.0 Å². The van der Waals surface area contributed by atoms with Gasteiger partial charge >= 0.3 is 12.4 Å². The van der Waals surface area contributed by atoms with Crippen molar-refractivity contribution in [1.29, 1.82) is 0 Å². The first kappa shape index (κ1) is 15.5. The highest BCUT2D eigenvalue weighted by atomic mass is 19.4. The second-order valence-corrected chi connectivity index (χ2v) is 3.08. The fraction of sp³-hybridized carbons (Fsp3) is 1.00. The molecule has 16 heavy (non-hydrogen) atoms. The van der Waals surface area contributed by atoms with Crippen molar-refractivity contribution < 1.29 is 31.1 Å². The number of halogens is 6. The van der Waals surface area contributed by atoms with E-state index in [-0.39, 0.29) is 6.54 Å². The molecule has 0 rings (SSSR count). The highest BCUT2D eigenvalue weighted by Crippen LogP contribution is 2.35. The van der Waals surface area contributed by atoms with Crippen molar-refractivity contribution in [1.82, 2.24) is 5.32 Å². The Balaban J connectivity index is 4.06. The van der Waals surface area contributed by atoms with E-state index >= 15 is 0 Å². The molecule has 2 nitrogen and oxygen atoms in total. The number of ether oxygens (including phenoxy) is 1. The maximum absolute atomic E-state index is 11.9. The van der Waals surface area contributed by atoms with Crippen LogP contribution in [0.2, 0.25) is 0 Å². The average molecular weight is 253 g/mol. The zero-order valence-corrected chi connectivity index (χ0v) is 8.58. The van der Waals surface area contributed by atoms with Crippen LogP contribution in [0.3, 0.4) is 0 Å². The molecule has 0 aromatic carbocycles. The topological polar surface area (TPSA) is 21.3 Å². The van der Waals surface area contributed by atoms with Gasteiger partial charge in [-0.25, -0.2) is 0 Å². The van der Waals surface area contributed by atoms with Gasteiger partial charge in [-0.2, -0.15) is 26.3 Å². The Labute approximate surface area is 89.0 Å². The smallest absolute Gasteiger partial charge is 0.360 e. The summed E-state index contributed by atoms with van der Waals surface area (Å²) in [5.74, 6) is 0. The first-order chi connectivity index (χ1) is 7.19. The van der Waals surface area contributed by atoms with Crippen LogP contribution in [0.4, 0.5) is 26.3 Å². The SMILES string of the molecule is CCCNCCOC(C(F)(F)F)C(F)(F)F. The van der Waals surface area contributed by atoms with Gasteiger partial charge in [0.05, 0.1) is 6.61 Å². The lowest BCUT2D eigenvalue weighted by molar-refractivity contribution is -0.321. The van der Waals surface area contributed by atoms with Gasteiger partial charge in [-0.15, -0.1) is 0 Å². The second-order valence-electron chi connectivity index (χ2n) is 3.08. The first-order valence-electron chi connectivity index (χ1n) is 4.65. The lowest BCUT2D eigenvalue weighted by Gasteiger charge is -2.23. The van der Waals surface area contributed by atoms with Gasteiger partial charge in [-0.1, -0.05) is 6.92 Å². The van der Waals surface area contributed by atoms with Crippen LogP contribution in [-0.2, 0) is 4.74 Å². The molecule has 0 amide bonds. The van der Waals surface area contributed by atoms with E-state index in [2.05, 4.69) is 10.1 Å². The molecule has 0 unspecified atom stereocenters. The van der Waals surface area contributed by atoms with E-state index in [4.69, 9.17) is 0 Å². The summed E-state index contributed by atoms with van der Waals surface area (Å²) in [6.45, 7) is 1.66. The Morgan fingerprint density at radius 1 is 1.00 bits per heavy atom. The molecular weight excluding hydrogens is 240 g/mol. The summed E-state index contributed by atoms with van der Waals surface area (Å²) in [5.41, 5.74) is 0. The summed E-state index contributed by atoms with van der Waals surface area (Å²) < 4.78 is 75.4. The molecule has 0 saturated carbocycles. The summed E-state index contributed by atoms with van der Waals surface area (Å²) in [4.78, 5) is 0. The van der Waals surface area contributed by atoms with Crippen molar-refractivity contribution in [3.63, 3.8) is 0 Å². The molecule has 0 aromatic heterocycles. The molecule has 0 aliphatic heterocycles. The molecular formula is C8H13F6NO. The molecule has 0 atom stereocenters. The van der Waals surface area contributed by atoms with Crippen LogP contribution in [0, 0.1) is 0 Å². The zero-order valence-electron chi connectivity index (χ0n) is 8.58. The van der Waals surface area contributed by atoms with Crippen LogP contribution in [0.1, 0.15) is 13.3 Å². The summed E-state index contributed by atoms with van der Waals surface area (Å²) in [5, 5.41) is 2.63. The molecule has 0 aliphatic rings. The highest BCUT2D eigenvalue weighted by Gasteiger charge is 2.57. The van der Waals surface area contributed by atoms with Crippen molar-refractivity contribution in [2.24, 2.45) is 0 Å². The third-order valence-corrected chi connectivity index (χ3v) is 1.58. The Kier molecular flexibility index (Phi) is 6.09. The van der Waals surface area contributed by atoms with Crippen LogP contribution < -0.4 is 5.32 Å². The minimum atomic E-state index is -5.43. The van der Waals surface area contributed by atoms with Crippen molar-refractivity contribution in [3.8, 4) is 0 Å². The lowest BCUT2D eigenvalue weighted by atomic mass is 10.3. The largest absolute Gasteiger partial charge is 0.423 e. The molecule has 1 N–H and O–H groups in total. The maximum atomic E-state index is 11.9. The quantitative estimate of drug-likeness (QED) is 0.580. The van der Waals surface area contributed by atoms with E-state index < -0.39 is 25.1 Å². The summed E-state index contributed by atoms with van der Waals surface area (Å²) in [6.07, 6.45) is -13.8. The van der Waals surface area contributed by atoms with E-state index in [0.29, 0.717) is 6.54 Å². The fourth-order valence-electron chi connectivity index (χ4n) is 0.925. The maximum Gasteiger partial charge on any atom is 0.423 e.